The average Bonchev–Trinajstić information content (AvgIpc) is 3.10. The van der Waals surface area contributed by atoms with Gasteiger partial charge in [0.25, 0.3) is 0 Å². The predicted octanol–water partition coefficient (Wildman–Crippen LogP) is 4.72. The van der Waals surface area contributed by atoms with Gasteiger partial charge in [0.1, 0.15) is 6.10 Å². The van der Waals surface area contributed by atoms with Crippen LogP contribution in [0.3, 0.4) is 0 Å². The van der Waals surface area contributed by atoms with E-state index in [9.17, 15) is 14.7 Å². The van der Waals surface area contributed by atoms with Crippen molar-refractivity contribution < 1.29 is 19.4 Å². The lowest BCUT2D eigenvalue weighted by molar-refractivity contribution is -0.120. The number of carbonyl (C=O) groups excluding carboxylic acids is 2. The molecule has 1 aromatic carbocycles. The molecule has 160 valence electrons. The monoisotopic (exact) mass is 408 g/mol. The first-order valence-electron chi connectivity index (χ1n) is 11.6. The highest BCUT2D eigenvalue weighted by Crippen LogP contribution is 2.65. The Morgan fingerprint density at radius 1 is 1.07 bits per heavy atom. The van der Waals surface area contributed by atoms with Crippen LogP contribution in [0.5, 0.6) is 0 Å². The maximum Gasteiger partial charge on any atom is 0.338 e. The van der Waals surface area contributed by atoms with E-state index in [1.165, 1.54) is 5.57 Å². The molecular weight excluding hydrogens is 376 g/mol. The first-order chi connectivity index (χ1) is 14.5. The van der Waals surface area contributed by atoms with Crippen LogP contribution in [0.15, 0.2) is 42.0 Å². The van der Waals surface area contributed by atoms with Gasteiger partial charge in [-0.15, -0.1) is 0 Å². The van der Waals surface area contributed by atoms with Gasteiger partial charge in [0, 0.05) is 17.3 Å². The minimum absolute atomic E-state index is 0.00789. The summed E-state index contributed by atoms with van der Waals surface area (Å²) in [7, 11) is 0. The van der Waals surface area contributed by atoms with E-state index in [4.69, 9.17) is 4.74 Å². The van der Waals surface area contributed by atoms with Gasteiger partial charge in [-0.1, -0.05) is 30.7 Å². The van der Waals surface area contributed by atoms with Gasteiger partial charge in [-0.2, -0.15) is 0 Å². The van der Waals surface area contributed by atoms with Gasteiger partial charge < -0.3 is 9.84 Å². The summed E-state index contributed by atoms with van der Waals surface area (Å²) in [6.45, 7) is 2.48. The second-order valence-corrected chi connectivity index (χ2v) is 10.2. The fourth-order valence-corrected chi connectivity index (χ4v) is 7.57. The maximum absolute atomic E-state index is 12.7. The Labute approximate surface area is 178 Å². The van der Waals surface area contributed by atoms with Crippen molar-refractivity contribution in [2.45, 2.75) is 64.4 Å². The van der Waals surface area contributed by atoms with E-state index in [-0.39, 0.29) is 35.3 Å². The van der Waals surface area contributed by atoms with Crippen LogP contribution in [0.25, 0.3) is 0 Å². The van der Waals surface area contributed by atoms with Crippen molar-refractivity contribution in [1.82, 2.24) is 0 Å². The number of fused-ring (bicyclic) bond motifs is 5. The molecule has 0 saturated heterocycles. The molecular formula is C26H32O4. The van der Waals surface area contributed by atoms with Crippen molar-refractivity contribution in [3.05, 3.63) is 47.5 Å². The highest BCUT2D eigenvalue weighted by atomic mass is 16.5. The zero-order valence-electron chi connectivity index (χ0n) is 17.8. The summed E-state index contributed by atoms with van der Waals surface area (Å²) in [6.07, 6.45) is 9.27. The van der Waals surface area contributed by atoms with E-state index >= 15 is 0 Å². The summed E-state index contributed by atoms with van der Waals surface area (Å²) in [4.78, 5) is 24.7. The van der Waals surface area contributed by atoms with Crippen LogP contribution in [0.2, 0.25) is 0 Å². The molecule has 6 atom stereocenters. The van der Waals surface area contributed by atoms with E-state index < -0.39 is 0 Å². The molecule has 5 rings (SSSR count). The summed E-state index contributed by atoms with van der Waals surface area (Å²) in [5.74, 6) is 1.52. The van der Waals surface area contributed by atoms with Crippen LogP contribution in [0.4, 0.5) is 0 Å². The number of carbonyl (C=O) groups is 2. The van der Waals surface area contributed by atoms with Crippen molar-refractivity contribution in [2.75, 3.05) is 6.61 Å². The minimum Gasteiger partial charge on any atom is -0.458 e. The van der Waals surface area contributed by atoms with E-state index in [1.54, 1.807) is 0 Å². The quantitative estimate of drug-likeness (QED) is 0.736. The Kier molecular flexibility index (Phi) is 4.89. The number of benzene rings is 1. The SMILES string of the molecule is C[C@]12CC[C@@H]3[C@H](CCC4=CC(=O)CC[C@@]43CO)[C@H]1CC[C@H]2OC(=O)c1ccccc1. The molecule has 0 unspecified atom stereocenters. The Hall–Kier alpha value is -1.94. The highest BCUT2D eigenvalue weighted by molar-refractivity contribution is 5.91. The number of ketones is 1. The fourth-order valence-electron chi connectivity index (χ4n) is 7.57. The van der Waals surface area contributed by atoms with Crippen LogP contribution in [0.1, 0.15) is 68.6 Å². The molecule has 3 saturated carbocycles. The van der Waals surface area contributed by atoms with Gasteiger partial charge in [0.15, 0.2) is 5.78 Å². The zero-order chi connectivity index (χ0) is 20.9. The van der Waals surface area contributed by atoms with E-state index in [1.807, 2.05) is 36.4 Å². The lowest BCUT2D eigenvalue weighted by atomic mass is 9.47. The normalized spacial score (nSPS) is 40.1. The average molecular weight is 409 g/mol. The molecule has 30 heavy (non-hydrogen) atoms. The lowest BCUT2D eigenvalue weighted by Gasteiger charge is -2.58. The van der Waals surface area contributed by atoms with Crippen molar-refractivity contribution in [3.63, 3.8) is 0 Å². The van der Waals surface area contributed by atoms with Crippen LogP contribution in [-0.4, -0.2) is 29.6 Å². The van der Waals surface area contributed by atoms with Crippen LogP contribution in [-0.2, 0) is 9.53 Å². The molecule has 0 spiro atoms. The summed E-state index contributed by atoms with van der Waals surface area (Å²) in [5, 5.41) is 10.5. The molecule has 0 amide bonds. The van der Waals surface area contributed by atoms with E-state index in [2.05, 4.69) is 6.92 Å². The topological polar surface area (TPSA) is 63.6 Å². The molecule has 4 nitrogen and oxygen atoms in total. The second kappa shape index (κ2) is 7.33. The second-order valence-electron chi connectivity index (χ2n) is 10.2. The summed E-state index contributed by atoms with van der Waals surface area (Å²) in [6, 6.07) is 9.29. The molecule has 0 aromatic heterocycles. The molecule has 0 bridgehead atoms. The summed E-state index contributed by atoms with van der Waals surface area (Å²) < 4.78 is 6.08. The maximum atomic E-state index is 12.7. The number of rotatable bonds is 3. The third-order valence-electron chi connectivity index (χ3n) is 9.14. The molecule has 4 aliphatic rings. The van der Waals surface area contributed by atoms with Crippen molar-refractivity contribution in [1.29, 1.82) is 0 Å². The van der Waals surface area contributed by atoms with Crippen molar-refractivity contribution in [3.8, 4) is 0 Å². The predicted molar refractivity (Wildman–Crippen MR) is 114 cm³/mol. The van der Waals surface area contributed by atoms with Crippen LogP contribution in [0, 0.1) is 28.6 Å². The first-order valence-corrected chi connectivity index (χ1v) is 11.6. The van der Waals surface area contributed by atoms with Gasteiger partial charge >= 0.3 is 5.97 Å². The van der Waals surface area contributed by atoms with Gasteiger partial charge in [-0.25, -0.2) is 4.79 Å². The standard InChI is InChI=1S/C26H32O4/c1-25-13-12-22-20(8-7-18-15-19(28)11-14-26(18,22)16-27)21(25)9-10-23(25)30-24(29)17-5-3-2-4-6-17/h2-6,15,20-23,27H,7-14,16H2,1H3/t20-,21-,22-,23-,25+,26-/m1/s1. The Morgan fingerprint density at radius 2 is 1.87 bits per heavy atom. The molecule has 4 heteroatoms. The van der Waals surface area contributed by atoms with Gasteiger partial charge in [0.05, 0.1) is 12.2 Å². The number of hydrogen-bond acceptors (Lipinski definition) is 4. The zero-order valence-corrected chi connectivity index (χ0v) is 17.8. The molecule has 0 radical (unpaired) electrons. The molecule has 4 aliphatic carbocycles. The Bertz CT molecular complexity index is 874. The number of aliphatic hydroxyl groups excluding tert-OH is 1. The number of hydrogen-bond donors (Lipinski definition) is 1. The number of esters is 1. The molecule has 3 fully saturated rings. The first kappa shape index (κ1) is 20.0. The highest BCUT2D eigenvalue weighted by Gasteiger charge is 2.61. The van der Waals surface area contributed by atoms with Crippen molar-refractivity contribution >= 4 is 11.8 Å². The van der Waals surface area contributed by atoms with Crippen LogP contribution >= 0.6 is 0 Å². The molecule has 0 aliphatic heterocycles. The fraction of sp³-hybridized carbons (Fsp3) is 0.615. The molecule has 1 N–H and O–H groups in total. The summed E-state index contributed by atoms with van der Waals surface area (Å²) >= 11 is 0. The van der Waals surface area contributed by atoms with Gasteiger partial charge in [-0.3, -0.25) is 4.79 Å². The van der Waals surface area contributed by atoms with E-state index in [0.717, 1.165) is 44.9 Å². The van der Waals surface area contributed by atoms with E-state index in [0.29, 0.717) is 29.7 Å². The molecule has 1 aromatic rings. The third kappa shape index (κ3) is 2.90. The van der Waals surface area contributed by atoms with Gasteiger partial charge in [-0.05, 0) is 80.9 Å². The number of aliphatic hydroxyl groups is 1. The summed E-state index contributed by atoms with van der Waals surface area (Å²) in [5.41, 5.74) is 1.64. The smallest absolute Gasteiger partial charge is 0.338 e. The third-order valence-corrected chi connectivity index (χ3v) is 9.14. The molecule has 0 heterocycles. The largest absolute Gasteiger partial charge is 0.458 e. The van der Waals surface area contributed by atoms with Gasteiger partial charge in [0.2, 0.25) is 0 Å². The lowest BCUT2D eigenvalue weighted by Crippen LogP contribution is -2.53. The number of ether oxygens (including phenoxy) is 1. The Morgan fingerprint density at radius 3 is 2.63 bits per heavy atom. The Balaban J connectivity index is 1.38. The van der Waals surface area contributed by atoms with Crippen molar-refractivity contribution in [2.24, 2.45) is 28.6 Å². The minimum atomic E-state index is -0.212. The van der Waals surface area contributed by atoms with Crippen LogP contribution < -0.4 is 0 Å².